The molecule has 18 heavy (non-hydrogen) atoms. The van der Waals surface area contributed by atoms with E-state index < -0.39 is 0 Å². The van der Waals surface area contributed by atoms with Crippen LogP contribution in [-0.2, 0) is 17.7 Å². The first-order valence-electron chi connectivity index (χ1n) is 6.30. The van der Waals surface area contributed by atoms with Gasteiger partial charge in [-0.15, -0.1) is 0 Å². The Kier molecular flexibility index (Phi) is 4.95. The molecule has 2 heterocycles. The topological polar surface area (TPSA) is 53.1 Å². The number of hydrogen-bond acceptors (Lipinski definition) is 4. The number of nitrogens with two attached hydrogens (primary N) is 1. The Hall–Kier alpha value is -0.230. The second kappa shape index (κ2) is 6.28. The minimum Gasteiger partial charge on any atom is -0.375 e. The lowest BCUT2D eigenvalue weighted by Gasteiger charge is -2.27. The first kappa shape index (κ1) is 14.2. The van der Waals surface area contributed by atoms with Crippen molar-refractivity contribution in [2.24, 2.45) is 5.73 Å². The van der Waals surface area contributed by atoms with Crippen LogP contribution in [0.1, 0.15) is 18.3 Å². The largest absolute Gasteiger partial charge is 0.375 e. The molecule has 0 aromatic carbocycles. The molecule has 1 aliphatic heterocycles. The van der Waals surface area contributed by atoms with E-state index in [9.17, 15) is 0 Å². The van der Waals surface area contributed by atoms with Crippen molar-refractivity contribution in [3.8, 4) is 0 Å². The lowest BCUT2D eigenvalue weighted by atomic mass is 10.1. The quantitative estimate of drug-likeness (QED) is 0.919. The van der Waals surface area contributed by atoms with Crippen LogP contribution in [0.5, 0.6) is 0 Å². The van der Waals surface area contributed by atoms with Gasteiger partial charge in [0.2, 0.25) is 0 Å². The van der Waals surface area contributed by atoms with E-state index in [0.717, 1.165) is 47.5 Å². The van der Waals surface area contributed by atoms with E-state index in [4.69, 9.17) is 22.1 Å². The summed E-state index contributed by atoms with van der Waals surface area (Å²) in [4.78, 5) is 0. The summed E-state index contributed by atoms with van der Waals surface area (Å²) in [6, 6.07) is -0.0169. The zero-order valence-electron chi connectivity index (χ0n) is 10.9. The van der Waals surface area contributed by atoms with Crippen molar-refractivity contribution in [1.82, 2.24) is 9.78 Å². The lowest BCUT2D eigenvalue weighted by Crippen LogP contribution is -2.43. The highest BCUT2D eigenvalue weighted by Gasteiger charge is 2.24. The van der Waals surface area contributed by atoms with E-state index in [2.05, 4.69) is 12.0 Å². The van der Waals surface area contributed by atoms with E-state index in [0.29, 0.717) is 0 Å². The summed E-state index contributed by atoms with van der Waals surface area (Å²) < 4.78 is 7.65. The van der Waals surface area contributed by atoms with Crippen molar-refractivity contribution >= 4 is 23.4 Å². The smallest absolute Gasteiger partial charge is 0.0847 e. The normalized spacial score (nSPS) is 22.1. The fourth-order valence-corrected chi connectivity index (χ4v) is 3.34. The van der Waals surface area contributed by atoms with Crippen LogP contribution in [0.15, 0.2) is 0 Å². The number of aryl methyl sites for hydroxylation is 2. The molecular formula is C12H20ClN3OS. The van der Waals surface area contributed by atoms with Crippen LogP contribution in [0.3, 0.4) is 0 Å². The monoisotopic (exact) mass is 289 g/mol. The van der Waals surface area contributed by atoms with E-state index >= 15 is 0 Å². The molecule has 2 rings (SSSR count). The van der Waals surface area contributed by atoms with Crippen LogP contribution >= 0.6 is 23.4 Å². The summed E-state index contributed by atoms with van der Waals surface area (Å²) in [5.74, 6) is 2.04. The van der Waals surface area contributed by atoms with Gasteiger partial charge in [-0.05, 0) is 13.8 Å². The van der Waals surface area contributed by atoms with Gasteiger partial charge in [0.05, 0.1) is 29.1 Å². The summed E-state index contributed by atoms with van der Waals surface area (Å²) >= 11 is 8.19. The first-order valence-corrected chi connectivity index (χ1v) is 7.83. The van der Waals surface area contributed by atoms with Crippen molar-refractivity contribution in [3.05, 3.63) is 16.4 Å². The van der Waals surface area contributed by atoms with E-state index in [-0.39, 0.29) is 12.1 Å². The minimum absolute atomic E-state index is 0.0169. The van der Waals surface area contributed by atoms with Gasteiger partial charge < -0.3 is 10.5 Å². The van der Waals surface area contributed by atoms with Crippen LogP contribution in [0.25, 0.3) is 0 Å². The average molecular weight is 290 g/mol. The standard InChI is InChI=1S/C12H20ClN3OS/c1-3-16-10(12(13)8(2)15-16)6-9(14)11-7-18-5-4-17-11/h9,11H,3-7,14H2,1-2H3. The van der Waals surface area contributed by atoms with E-state index in [1.54, 1.807) is 0 Å². The summed E-state index contributed by atoms with van der Waals surface area (Å²) in [5, 5.41) is 5.16. The Morgan fingerprint density at radius 1 is 1.67 bits per heavy atom. The predicted octanol–water partition coefficient (Wildman–Crippen LogP) is 1.87. The maximum absolute atomic E-state index is 6.29. The van der Waals surface area contributed by atoms with Gasteiger partial charge in [0, 0.05) is 30.5 Å². The van der Waals surface area contributed by atoms with Gasteiger partial charge in [-0.25, -0.2) is 0 Å². The Balaban J connectivity index is 2.08. The van der Waals surface area contributed by atoms with Crippen molar-refractivity contribution in [1.29, 1.82) is 0 Å². The third-order valence-electron chi connectivity index (χ3n) is 3.20. The zero-order valence-corrected chi connectivity index (χ0v) is 12.4. The molecule has 2 unspecified atom stereocenters. The molecular weight excluding hydrogens is 270 g/mol. The summed E-state index contributed by atoms with van der Waals surface area (Å²) in [7, 11) is 0. The van der Waals surface area contributed by atoms with Crippen LogP contribution in [0.2, 0.25) is 5.02 Å². The molecule has 1 aliphatic rings. The molecule has 1 saturated heterocycles. The maximum atomic E-state index is 6.29. The highest BCUT2D eigenvalue weighted by Crippen LogP contribution is 2.23. The molecule has 0 radical (unpaired) electrons. The Labute approximate surface area is 117 Å². The molecule has 4 nitrogen and oxygen atoms in total. The summed E-state index contributed by atoms with van der Waals surface area (Å²) in [6.07, 6.45) is 0.846. The van der Waals surface area contributed by atoms with Gasteiger partial charge in [-0.3, -0.25) is 4.68 Å². The summed E-state index contributed by atoms with van der Waals surface area (Å²) in [5.41, 5.74) is 8.15. The van der Waals surface area contributed by atoms with Crippen molar-refractivity contribution in [3.63, 3.8) is 0 Å². The van der Waals surface area contributed by atoms with Gasteiger partial charge >= 0.3 is 0 Å². The van der Waals surface area contributed by atoms with Gasteiger partial charge in [0.25, 0.3) is 0 Å². The lowest BCUT2D eigenvalue weighted by molar-refractivity contribution is 0.0567. The third-order valence-corrected chi connectivity index (χ3v) is 4.71. The van der Waals surface area contributed by atoms with E-state index in [1.807, 2.05) is 23.4 Å². The Morgan fingerprint density at radius 2 is 2.44 bits per heavy atom. The Morgan fingerprint density at radius 3 is 3.06 bits per heavy atom. The highest BCUT2D eigenvalue weighted by molar-refractivity contribution is 7.99. The molecule has 0 bridgehead atoms. The number of hydrogen-bond donors (Lipinski definition) is 1. The van der Waals surface area contributed by atoms with Gasteiger partial charge in [-0.2, -0.15) is 16.9 Å². The molecule has 6 heteroatoms. The minimum atomic E-state index is -0.0169. The van der Waals surface area contributed by atoms with Crippen LogP contribution in [0.4, 0.5) is 0 Å². The van der Waals surface area contributed by atoms with Crippen LogP contribution in [0, 0.1) is 6.92 Å². The van der Waals surface area contributed by atoms with Crippen molar-refractivity contribution in [2.75, 3.05) is 18.1 Å². The van der Waals surface area contributed by atoms with Crippen LogP contribution in [-0.4, -0.2) is 40.0 Å². The highest BCUT2D eigenvalue weighted by atomic mass is 35.5. The van der Waals surface area contributed by atoms with Crippen molar-refractivity contribution in [2.45, 2.75) is 39.0 Å². The molecule has 1 aromatic heterocycles. The second-order valence-corrected chi connectivity index (χ2v) is 6.04. The maximum Gasteiger partial charge on any atom is 0.0847 e. The van der Waals surface area contributed by atoms with Gasteiger partial charge in [-0.1, -0.05) is 11.6 Å². The fraction of sp³-hybridized carbons (Fsp3) is 0.750. The molecule has 2 atom stereocenters. The number of thioether (sulfide) groups is 1. The second-order valence-electron chi connectivity index (χ2n) is 4.51. The number of nitrogens with zero attached hydrogens (tertiary/aromatic N) is 2. The molecule has 102 valence electrons. The summed E-state index contributed by atoms with van der Waals surface area (Å²) in [6.45, 7) is 5.60. The van der Waals surface area contributed by atoms with Crippen LogP contribution < -0.4 is 5.73 Å². The predicted molar refractivity (Wildman–Crippen MR) is 76.4 cm³/mol. The molecule has 0 spiro atoms. The number of ether oxygens (including phenoxy) is 1. The molecule has 0 aliphatic carbocycles. The number of rotatable bonds is 4. The Bertz CT molecular complexity index is 404. The molecule has 0 amide bonds. The van der Waals surface area contributed by atoms with Gasteiger partial charge in [0.1, 0.15) is 0 Å². The third kappa shape index (κ3) is 3.02. The van der Waals surface area contributed by atoms with Gasteiger partial charge in [0.15, 0.2) is 0 Å². The zero-order chi connectivity index (χ0) is 13.1. The molecule has 2 N–H and O–H groups in total. The fourth-order valence-electron chi connectivity index (χ4n) is 2.17. The average Bonchev–Trinajstić information content (AvgIpc) is 2.67. The first-order chi connectivity index (χ1) is 8.63. The molecule has 0 saturated carbocycles. The van der Waals surface area contributed by atoms with Crippen molar-refractivity contribution < 1.29 is 4.74 Å². The molecule has 1 fully saturated rings. The van der Waals surface area contributed by atoms with E-state index in [1.165, 1.54) is 0 Å². The number of aromatic nitrogens is 2. The number of halogens is 1. The SMILES string of the molecule is CCn1nc(C)c(Cl)c1CC(N)C1CSCCO1. The molecule has 1 aromatic rings.